The van der Waals surface area contributed by atoms with Gasteiger partial charge in [0.25, 0.3) is 5.56 Å². The maximum atomic E-state index is 12.1. The Morgan fingerprint density at radius 1 is 1.31 bits per heavy atom. The van der Waals surface area contributed by atoms with Gasteiger partial charge in [0.15, 0.2) is 0 Å². The number of aromatic amines is 1. The number of hydrogen-bond acceptors (Lipinski definition) is 2. The fourth-order valence-corrected chi connectivity index (χ4v) is 2.02. The van der Waals surface area contributed by atoms with Gasteiger partial charge < -0.3 is 4.74 Å². The highest BCUT2D eigenvalue weighted by Gasteiger charge is 2.20. The molecule has 0 aliphatic carbocycles. The van der Waals surface area contributed by atoms with Crippen molar-refractivity contribution in [2.24, 2.45) is 0 Å². The Labute approximate surface area is 92.5 Å². The van der Waals surface area contributed by atoms with E-state index < -0.39 is 0 Å². The van der Waals surface area contributed by atoms with Crippen LogP contribution < -0.4 is 5.56 Å². The van der Waals surface area contributed by atoms with Crippen molar-refractivity contribution < 1.29 is 4.74 Å². The van der Waals surface area contributed by atoms with Crippen LogP contribution in [0.5, 0.6) is 0 Å². The van der Waals surface area contributed by atoms with E-state index in [1.54, 1.807) is 4.68 Å². The number of benzene rings is 1. The number of H-pyrrole nitrogens is 1. The molecule has 0 atom stereocenters. The molecule has 82 valence electrons. The molecular weight excluding hydrogens is 204 g/mol. The first-order valence-electron chi connectivity index (χ1n) is 5.24. The molecule has 0 saturated heterocycles. The van der Waals surface area contributed by atoms with Crippen LogP contribution in [0.3, 0.4) is 0 Å². The van der Waals surface area contributed by atoms with Gasteiger partial charge in [0, 0.05) is 0 Å². The third-order valence-corrected chi connectivity index (χ3v) is 2.92. The molecule has 4 heteroatoms. The van der Waals surface area contributed by atoms with Gasteiger partial charge in [-0.15, -0.1) is 0 Å². The maximum absolute atomic E-state index is 12.1. The first-order valence-corrected chi connectivity index (χ1v) is 5.24. The molecule has 1 aromatic carbocycles. The van der Waals surface area contributed by atoms with Gasteiger partial charge in [-0.25, -0.2) is 4.68 Å². The number of ether oxygens (including phenoxy) is 1. The Hall–Kier alpha value is -1.81. The van der Waals surface area contributed by atoms with Crippen LogP contribution in [0.15, 0.2) is 29.1 Å². The van der Waals surface area contributed by atoms with Crippen LogP contribution in [-0.4, -0.2) is 9.78 Å². The third-order valence-electron chi connectivity index (χ3n) is 2.92. The van der Waals surface area contributed by atoms with Gasteiger partial charge in [0.05, 0.1) is 30.2 Å². The summed E-state index contributed by atoms with van der Waals surface area (Å²) in [5.41, 5.74) is 3.63. The van der Waals surface area contributed by atoms with E-state index in [0.29, 0.717) is 13.2 Å². The summed E-state index contributed by atoms with van der Waals surface area (Å²) in [7, 11) is 0. The second-order valence-corrected chi connectivity index (χ2v) is 3.99. The van der Waals surface area contributed by atoms with Crippen LogP contribution >= 0.6 is 0 Å². The zero-order chi connectivity index (χ0) is 11.1. The van der Waals surface area contributed by atoms with Crippen LogP contribution in [0.1, 0.15) is 16.8 Å². The first-order chi connectivity index (χ1) is 7.77. The molecule has 1 aliphatic heterocycles. The van der Waals surface area contributed by atoms with Crippen molar-refractivity contribution in [2.75, 3.05) is 0 Å². The molecule has 0 spiro atoms. The average molecular weight is 216 g/mol. The van der Waals surface area contributed by atoms with Crippen LogP contribution in [0.4, 0.5) is 0 Å². The summed E-state index contributed by atoms with van der Waals surface area (Å²) in [6, 6.07) is 7.81. The normalized spacial score (nSPS) is 14.1. The van der Waals surface area contributed by atoms with Crippen LogP contribution in [0, 0.1) is 6.92 Å². The lowest BCUT2D eigenvalue weighted by atomic mass is 10.2. The SMILES string of the molecule is Cc1ccccc1-n1[nH]c2c(c1=O)COC2. The number of nitrogens with one attached hydrogen (secondary N) is 1. The number of hydrogen-bond donors (Lipinski definition) is 1. The molecular formula is C12H12N2O2. The number of aryl methyl sites for hydroxylation is 1. The summed E-state index contributed by atoms with van der Waals surface area (Å²) in [6.07, 6.45) is 0. The topological polar surface area (TPSA) is 47.0 Å². The predicted molar refractivity (Wildman–Crippen MR) is 59.6 cm³/mol. The smallest absolute Gasteiger partial charge is 0.277 e. The van der Waals surface area contributed by atoms with Crippen LogP contribution in [0.25, 0.3) is 5.69 Å². The number of fused-ring (bicyclic) bond motifs is 1. The van der Waals surface area contributed by atoms with E-state index in [1.807, 2.05) is 31.2 Å². The number of aromatic nitrogens is 2. The van der Waals surface area contributed by atoms with Crippen molar-refractivity contribution in [1.29, 1.82) is 0 Å². The van der Waals surface area contributed by atoms with Crippen LogP contribution in [0.2, 0.25) is 0 Å². The molecule has 0 fully saturated rings. The highest BCUT2D eigenvalue weighted by molar-refractivity contribution is 5.40. The molecule has 16 heavy (non-hydrogen) atoms. The zero-order valence-electron chi connectivity index (χ0n) is 8.99. The fraction of sp³-hybridized carbons (Fsp3) is 0.250. The van der Waals surface area contributed by atoms with E-state index in [2.05, 4.69) is 5.10 Å². The second-order valence-electron chi connectivity index (χ2n) is 3.99. The Bertz CT molecular complexity index is 595. The summed E-state index contributed by atoms with van der Waals surface area (Å²) in [4.78, 5) is 12.1. The summed E-state index contributed by atoms with van der Waals surface area (Å²) < 4.78 is 6.81. The van der Waals surface area contributed by atoms with E-state index in [0.717, 1.165) is 22.5 Å². The lowest BCUT2D eigenvalue weighted by molar-refractivity contribution is 0.130. The lowest BCUT2D eigenvalue weighted by Gasteiger charge is -2.05. The van der Waals surface area contributed by atoms with Gasteiger partial charge in [0.1, 0.15) is 0 Å². The highest BCUT2D eigenvalue weighted by Crippen LogP contribution is 2.17. The van der Waals surface area contributed by atoms with E-state index >= 15 is 0 Å². The molecule has 0 radical (unpaired) electrons. The van der Waals surface area contributed by atoms with Crippen molar-refractivity contribution in [3.63, 3.8) is 0 Å². The average Bonchev–Trinajstić information content (AvgIpc) is 2.83. The summed E-state index contributed by atoms with van der Waals surface area (Å²) in [5.74, 6) is 0. The van der Waals surface area contributed by atoms with Crippen molar-refractivity contribution in [2.45, 2.75) is 20.1 Å². The molecule has 1 aliphatic rings. The Morgan fingerprint density at radius 3 is 2.88 bits per heavy atom. The molecule has 2 heterocycles. The number of para-hydroxylation sites is 1. The minimum Gasteiger partial charge on any atom is -0.370 e. The fourth-order valence-electron chi connectivity index (χ4n) is 2.02. The van der Waals surface area contributed by atoms with Gasteiger partial charge in [0.2, 0.25) is 0 Å². The zero-order valence-corrected chi connectivity index (χ0v) is 8.99. The highest BCUT2D eigenvalue weighted by atomic mass is 16.5. The van der Waals surface area contributed by atoms with Gasteiger partial charge >= 0.3 is 0 Å². The monoisotopic (exact) mass is 216 g/mol. The largest absolute Gasteiger partial charge is 0.370 e. The Balaban J connectivity index is 2.22. The molecule has 0 unspecified atom stereocenters. The van der Waals surface area contributed by atoms with Gasteiger partial charge in [-0.2, -0.15) is 0 Å². The molecule has 3 rings (SSSR count). The molecule has 1 N–H and O–H groups in total. The molecule has 2 aromatic rings. The van der Waals surface area contributed by atoms with Crippen molar-refractivity contribution in [3.05, 3.63) is 51.4 Å². The maximum Gasteiger partial charge on any atom is 0.277 e. The number of nitrogens with zero attached hydrogens (tertiary/aromatic N) is 1. The van der Waals surface area contributed by atoms with E-state index in [4.69, 9.17) is 4.74 Å². The van der Waals surface area contributed by atoms with Gasteiger partial charge in [-0.3, -0.25) is 9.89 Å². The third kappa shape index (κ3) is 1.23. The van der Waals surface area contributed by atoms with E-state index in [1.165, 1.54) is 0 Å². The van der Waals surface area contributed by atoms with E-state index in [9.17, 15) is 4.79 Å². The minimum absolute atomic E-state index is 0.00167. The molecule has 0 amide bonds. The standard InChI is InChI=1S/C12H12N2O2/c1-8-4-2-3-5-11(8)14-12(15)9-6-16-7-10(9)13-14/h2-5,13H,6-7H2,1H3. The van der Waals surface area contributed by atoms with Crippen molar-refractivity contribution >= 4 is 0 Å². The molecule has 4 nitrogen and oxygen atoms in total. The predicted octanol–water partition coefficient (Wildman–Crippen LogP) is 1.50. The second kappa shape index (κ2) is 3.35. The quantitative estimate of drug-likeness (QED) is 0.785. The molecule has 0 bridgehead atoms. The number of rotatable bonds is 1. The van der Waals surface area contributed by atoms with Crippen molar-refractivity contribution in [1.82, 2.24) is 9.78 Å². The molecule has 0 saturated carbocycles. The lowest BCUT2D eigenvalue weighted by Crippen LogP contribution is -2.18. The van der Waals surface area contributed by atoms with E-state index in [-0.39, 0.29) is 5.56 Å². The summed E-state index contributed by atoms with van der Waals surface area (Å²) >= 11 is 0. The van der Waals surface area contributed by atoms with Crippen molar-refractivity contribution in [3.8, 4) is 5.69 Å². The minimum atomic E-state index is 0.00167. The molecule has 1 aromatic heterocycles. The first kappa shape index (κ1) is 9.42. The van der Waals surface area contributed by atoms with Gasteiger partial charge in [-0.05, 0) is 18.6 Å². The van der Waals surface area contributed by atoms with Gasteiger partial charge in [-0.1, -0.05) is 18.2 Å². The van der Waals surface area contributed by atoms with Crippen LogP contribution in [-0.2, 0) is 18.0 Å². The summed E-state index contributed by atoms with van der Waals surface area (Å²) in [5, 5.41) is 3.10. The summed E-state index contributed by atoms with van der Waals surface area (Å²) in [6.45, 7) is 2.91. The Morgan fingerprint density at radius 2 is 2.12 bits per heavy atom. The Kier molecular flexibility index (Phi) is 1.97.